The fourth-order valence-corrected chi connectivity index (χ4v) is 2.22. The van der Waals surface area contributed by atoms with Crippen LogP contribution >= 0.6 is 0 Å². The van der Waals surface area contributed by atoms with Crippen LogP contribution in [0.5, 0.6) is 5.75 Å². The smallest absolute Gasteiger partial charge is 0.415 e. The minimum Gasteiger partial charge on any atom is -0.497 e. The summed E-state index contributed by atoms with van der Waals surface area (Å²) in [6.45, 7) is 3.91. The average Bonchev–Trinajstić information content (AvgIpc) is 2.46. The lowest BCUT2D eigenvalue weighted by atomic mass is 9.96. The normalized spacial score (nSPS) is 16.8. The minimum atomic E-state index is -0.657. The second-order valence-corrected chi connectivity index (χ2v) is 4.38. The number of carbonyl (C=O) groups excluding carboxylic acids is 1. The van der Waals surface area contributed by atoms with Crippen molar-refractivity contribution in [3.8, 4) is 11.8 Å². The number of amides is 1. The number of methoxy groups -OCH3 is 1. The van der Waals surface area contributed by atoms with E-state index in [2.05, 4.69) is 6.07 Å². The van der Waals surface area contributed by atoms with Gasteiger partial charge in [-0.3, -0.25) is 4.90 Å². The molecule has 1 aliphatic heterocycles. The molecule has 0 saturated heterocycles. The van der Waals surface area contributed by atoms with E-state index in [1.807, 2.05) is 13.0 Å². The van der Waals surface area contributed by atoms with Gasteiger partial charge < -0.3 is 9.47 Å². The number of hydrogen-bond acceptors (Lipinski definition) is 4. The number of hydrogen-bond donors (Lipinski definition) is 0. The first-order valence-corrected chi connectivity index (χ1v) is 6.34. The van der Waals surface area contributed by atoms with Gasteiger partial charge in [0.05, 0.1) is 25.5 Å². The highest BCUT2D eigenvalue weighted by atomic mass is 16.6. The Labute approximate surface area is 118 Å². The van der Waals surface area contributed by atoms with Crippen LogP contribution in [-0.2, 0) is 4.74 Å². The second-order valence-electron chi connectivity index (χ2n) is 4.38. The zero-order valence-electron chi connectivity index (χ0n) is 11.7. The van der Waals surface area contributed by atoms with E-state index in [1.165, 1.54) is 4.90 Å². The molecule has 2 rings (SSSR count). The Balaban J connectivity index is 2.53. The molecule has 0 aliphatic carbocycles. The molecule has 1 atom stereocenters. The van der Waals surface area contributed by atoms with E-state index in [-0.39, 0.29) is 6.61 Å². The first kappa shape index (κ1) is 13.9. The molecule has 1 heterocycles. The molecule has 0 N–H and O–H groups in total. The molecule has 1 aliphatic rings. The molecule has 0 radical (unpaired) electrons. The molecule has 0 fully saturated rings. The predicted molar refractivity (Wildman–Crippen MR) is 75.5 cm³/mol. The fourth-order valence-electron chi connectivity index (χ4n) is 2.22. The van der Waals surface area contributed by atoms with Gasteiger partial charge in [-0.05, 0) is 43.7 Å². The summed E-state index contributed by atoms with van der Waals surface area (Å²) in [5.74, 6) is 0.704. The Hall–Kier alpha value is -2.48. The number of fused-ring (bicyclic) bond motifs is 1. The molecule has 0 saturated carbocycles. The van der Waals surface area contributed by atoms with E-state index in [0.29, 0.717) is 11.4 Å². The van der Waals surface area contributed by atoms with Crippen LogP contribution in [0.4, 0.5) is 10.5 Å². The van der Waals surface area contributed by atoms with Crippen LogP contribution in [0.2, 0.25) is 0 Å². The number of rotatable bonds is 2. The van der Waals surface area contributed by atoms with Crippen molar-refractivity contribution in [2.24, 2.45) is 0 Å². The van der Waals surface area contributed by atoms with E-state index in [0.717, 1.165) is 11.1 Å². The predicted octanol–water partition coefficient (Wildman–Crippen LogP) is 2.97. The van der Waals surface area contributed by atoms with Gasteiger partial charge in [0.2, 0.25) is 0 Å². The summed E-state index contributed by atoms with van der Waals surface area (Å²) in [7, 11) is 1.59. The molecule has 0 aromatic heterocycles. The maximum atomic E-state index is 12.1. The van der Waals surface area contributed by atoms with Crippen LogP contribution in [0.25, 0.3) is 5.57 Å². The lowest BCUT2D eigenvalue weighted by Crippen LogP contribution is -2.41. The lowest BCUT2D eigenvalue weighted by molar-refractivity contribution is 0.159. The molecule has 1 amide bonds. The minimum absolute atomic E-state index is 0.266. The summed E-state index contributed by atoms with van der Waals surface area (Å²) >= 11 is 0. The molecule has 20 heavy (non-hydrogen) atoms. The third-order valence-electron chi connectivity index (χ3n) is 3.17. The molecule has 104 valence electrons. The second kappa shape index (κ2) is 5.66. The van der Waals surface area contributed by atoms with Crippen molar-refractivity contribution in [3.63, 3.8) is 0 Å². The zero-order chi connectivity index (χ0) is 14.7. The van der Waals surface area contributed by atoms with E-state index >= 15 is 0 Å². The van der Waals surface area contributed by atoms with Gasteiger partial charge in [0.1, 0.15) is 11.8 Å². The first-order chi connectivity index (χ1) is 9.62. The largest absolute Gasteiger partial charge is 0.497 e. The molecular formula is C15H16N2O3. The molecule has 5 heteroatoms. The Bertz CT molecular complexity index is 602. The number of anilines is 1. The summed E-state index contributed by atoms with van der Waals surface area (Å²) in [5.41, 5.74) is 2.46. The maximum absolute atomic E-state index is 12.1. The van der Waals surface area contributed by atoms with Gasteiger partial charge in [0.15, 0.2) is 0 Å². The van der Waals surface area contributed by atoms with Gasteiger partial charge in [0.25, 0.3) is 0 Å². The van der Waals surface area contributed by atoms with E-state index in [4.69, 9.17) is 9.47 Å². The van der Waals surface area contributed by atoms with Crippen molar-refractivity contribution >= 4 is 17.4 Å². The van der Waals surface area contributed by atoms with E-state index < -0.39 is 12.1 Å². The number of carbonyl (C=O) groups is 1. The van der Waals surface area contributed by atoms with Gasteiger partial charge in [-0.2, -0.15) is 5.26 Å². The number of benzene rings is 1. The summed E-state index contributed by atoms with van der Waals surface area (Å²) in [6.07, 6.45) is 1.23. The Kier molecular flexibility index (Phi) is 3.94. The Morgan fingerprint density at radius 1 is 1.50 bits per heavy atom. The van der Waals surface area contributed by atoms with Crippen molar-refractivity contribution in [2.45, 2.75) is 19.9 Å². The van der Waals surface area contributed by atoms with Crippen LogP contribution in [0.3, 0.4) is 0 Å². The molecular weight excluding hydrogens is 256 g/mol. The van der Waals surface area contributed by atoms with Crippen LogP contribution < -0.4 is 9.64 Å². The molecule has 1 aromatic carbocycles. The number of ether oxygens (including phenoxy) is 2. The van der Waals surface area contributed by atoms with Crippen molar-refractivity contribution < 1.29 is 14.3 Å². The van der Waals surface area contributed by atoms with Gasteiger partial charge in [-0.25, -0.2) is 4.79 Å². The van der Waals surface area contributed by atoms with Crippen molar-refractivity contribution in [2.75, 3.05) is 18.6 Å². The average molecular weight is 272 g/mol. The number of nitrogens with zero attached hydrogens (tertiary/aromatic N) is 2. The van der Waals surface area contributed by atoms with Gasteiger partial charge in [-0.15, -0.1) is 0 Å². The maximum Gasteiger partial charge on any atom is 0.415 e. The molecule has 1 aromatic rings. The van der Waals surface area contributed by atoms with Crippen LogP contribution in [-0.4, -0.2) is 25.9 Å². The third kappa shape index (κ3) is 2.32. The summed E-state index contributed by atoms with van der Waals surface area (Å²) in [4.78, 5) is 13.4. The lowest BCUT2D eigenvalue weighted by Gasteiger charge is -2.31. The molecule has 5 nitrogen and oxygen atoms in total. The molecule has 0 bridgehead atoms. The van der Waals surface area contributed by atoms with Crippen molar-refractivity contribution in [1.29, 1.82) is 5.26 Å². The van der Waals surface area contributed by atoms with Crippen LogP contribution in [0.1, 0.15) is 19.4 Å². The van der Waals surface area contributed by atoms with Gasteiger partial charge >= 0.3 is 6.09 Å². The summed E-state index contributed by atoms with van der Waals surface area (Å²) in [5, 5.41) is 9.25. The van der Waals surface area contributed by atoms with E-state index in [9.17, 15) is 10.1 Å². The number of allylic oxidation sites excluding steroid dienone is 1. The van der Waals surface area contributed by atoms with Gasteiger partial charge in [0, 0.05) is 5.56 Å². The van der Waals surface area contributed by atoms with E-state index in [1.54, 1.807) is 32.2 Å². The van der Waals surface area contributed by atoms with Crippen LogP contribution in [0, 0.1) is 11.3 Å². The van der Waals surface area contributed by atoms with Crippen molar-refractivity contribution in [3.05, 3.63) is 29.8 Å². The van der Waals surface area contributed by atoms with Crippen molar-refractivity contribution in [1.82, 2.24) is 0 Å². The summed E-state index contributed by atoms with van der Waals surface area (Å²) < 4.78 is 10.2. The molecule has 0 spiro atoms. The highest BCUT2D eigenvalue weighted by molar-refractivity contribution is 5.96. The monoisotopic (exact) mass is 272 g/mol. The quantitative estimate of drug-likeness (QED) is 0.830. The zero-order valence-corrected chi connectivity index (χ0v) is 11.7. The number of nitriles is 1. The highest BCUT2D eigenvalue weighted by Gasteiger charge is 2.31. The summed E-state index contributed by atoms with van der Waals surface area (Å²) in [6, 6.07) is 6.83. The third-order valence-corrected chi connectivity index (χ3v) is 3.17. The van der Waals surface area contributed by atoms with Crippen LogP contribution in [0.15, 0.2) is 24.3 Å². The highest BCUT2D eigenvalue weighted by Crippen LogP contribution is 2.36. The topological polar surface area (TPSA) is 62.6 Å². The standard InChI is InChI=1S/C15H16N2O3/c1-4-20-15(18)17-11(9-16)7-10(2)13-8-12(19-3)5-6-14(13)17/h5-8,11H,4H2,1-3H3. The first-order valence-electron chi connectivity index (χ1n) is 6.34. The Morgan fingerprint density at radius 2 is 2.25 bits per heavy atom. The SMILES string of the molecule is CCOC(=O)N1c2ccc(OC)cc2C(C)=CC1C#N. The fraction of sp³-hybridized carbons (Fsp3) is 0.333. The Morgan fingerprint density at radius 3 is 2.85 bits per heavy atom. The van der Waals surface area contributed by atoms with Gasteiger partial charge in [-0.1, -0.05) is 0 Å². The molecule has 1 unspecified atom stereocenters.